The third-order valence-electron chi connectivity index (χ3n) is 5.42. The van der Waals surface area contributed by atoms with Gasteiger partial charge in [0.25, 0.3) is 0 Å². The van der Waals surface area contributed by atoms with Gasteiger partial charge in [0.05, 0.1) is 12.1 Å². The molecular formula is C28H18N2. The summed E-state index contributed by atoms with van der Waals surface area (Å²) in [4.78, 5) is 0. The topological polar surface area (TPSA) is 47.6 Å². The number of aryl methyl sites for hydroxylation is 2. The van der Waals surface area contributed by atoms with Crippen molar-refractivity contribution in [3.8, 4) is 24.0 Å². The number of hydrogen-bond acceptors (Lipinski definition) is 2. The van der Waals surface area contributed by atoms with Gasteiger partial charge in [-0.1, -0.05) is 60.4 Å². The summed E-state index contributed by atoms with van der Waals surface area (Å²) in [5.74, 6) is 6.48. The molecule has 2 heteroatoms. The third kappa shape index (κ3) is 3.11. The van der Waals surface area contributed by atoms with Gasteiger partial charge in [-0.2, -0.15) is 10.5 Å². The maximum Gasteiger partial charge on any atom is 0.195 e. The summed E-state index contributed by atoms with van der Waals surface area (Å²) < 4.78 is 0. The number of nitriles is 2. The van der Waals surface area contributed by atoms with Crippen molar-refractivity contribution in [2.45, 2.75) is 13.8 Å². The van der Waals surface area contributed by atoms with E-state index in [2.05, 4.69) is 29.7 Å². The van der Waals surface area contributed by atoms with E-state index in [4.69, 9.17) is 0 Å². The van der Waals surface area contributed by atoms with Gasteiger partial charge in [-0.3, -0.25) is 0 Å². The van der Waals surface area contributed by atoms with Gasteiger partial charge in [0, 0.05) is 22.3 Å². The summed E-state index contributed by atoms with van der Waals surface area (Å²) in [7, 11) is 0. The number of allylic oxidation sites excluding steroid dienone is 7. The van der Waals surface area contributed by atoms with Crippen molar-refractivity contribution in [3.63, 3.8) is 0 Å². The molecule has 0 aliphatic heterocycles. The highest BCUT2D eigenvalue weighted by Gasteiger charge is 2.45. The van der Waals surface area contributed by atoms with Crippen LogP contribution < -0.4 is 0 Å². The molecule has 140 valence electrons. The molecule has 0 spiro atoms. The van der Waals surface area contributed by atoms with Gasteiger partial charge in [-0.25, -0.2) is 0 Å². The molecular weight excluding hydrogens is 364 g/mol. The average Bonchev–Trinajstić information content (AvgIpc) is 2.92. The fraction of sp³-hybridized carbons (Fsp3) is 0.107. The van der Waals surface area contributed by atoms with Crippen molar-refractivity contribution in [2.24, 2.45) is 5.41 Å². The Labute approximate surface area is 177 Å². The zero-order valence-corrected chi connectivity index (χ0v) is 16.8. The Morgan fingerprint density at radius 2 is 1.50 bits per heavy atom. The van der Waals surface area contributed by atoms with Gasteiger partial charge < -0.3 is 0 Å². The lowest BCUT2D eigenvalue weighted by Gasteiger charge is -2.19. The SMILES string of the molecule is Cc1cccc(C)c1C#CC1=CC=C=C2C=C(c3ccccc3)C(C#N)(C#N)C2=C1. The minimum atomic E-state index is -1.39. The van der Waals surface area contributed by atoms with Gasteiger partial charge in [-0.15, -0.1) is 5.73 Å². The Morgan fingerprint density at radius 3 is 2.17 bits per heavy atom. The van der Waals surface area contributed by atoms with Crippen LogP contribution in [0.3, 0.4) is 0 Å². The Hall–Kier alpha value is -4.28. The lowest BCUT2D eigenvalue weighted by atomic mass is 9.76. The van der Waals surface area contributed by atoms with Gasteiger partial charge in [0.15, 0.2) is 5.41 Å². The van der Waals surface area contributed by atoms with E-state index >= 15 is 0 Å². The van der Waals surface area contributed by atoms with Crippen molar-refractivity contribution in [3.05, 3.63) is 118 Å². The van der Waals surface area contributed by atoms with Crippen molar-refractivity contribution in [2.75, 3.05) is 0 Å². The smallest absolute Gasteiger partial charge is 0.195 e. The molecule has 2 aromatic carbocycles. The second-order valence-electron chi connectivity index (χ2n) is 7.32. The maximum atomic E-state index is 10.1. The molecule has 0 radical (unpaired) electrons. The molecule has 0 atom stereocenters. The Bertz CT molecular complexity index is 1310. The highest BCUT2D eigenvalue weighted by Crippen LogP contribution is 2.50. The molecule has 0 heterocycles. The standard InChI is InChI=1S/C28H18N2/c1-20-8-6-9-21(2)25(20)15-14-22-10-7-13-24-17-27(23-11-4-3-5-12-23)28(18-29,19-30)26(24)16-22/h3-12,16-17H,1-2H3. The first-order chi connectivity index (χ1) is 14.6. The van der Waals surface area contributed by atoms with Crippen LogP contribution >= 0.6 is 0 Å². The maximum absolute atomic E-state index is 10.1. The van der Waals surface area contributed by atoms with Gasteiger partial charge in [0.1, 0.15) is 0 Å². The summed E-state index contributed by atoms with van der Waals surface area (Å²) in [6, 6.07) is 20.2. The summed E-state index contributed by atoms with van der Waals surface area (Å²) in [6.07, 6.45) is 7.41. The van der Waals surface area contributed by atoms with E-state index in [0.717, 1.165) is 33.4 Å². The molecule has 30 heavy (non-hydrogen) atoms. The van der Waals surface area contributed by atoms with Crippen molar-refractivity contribution in [1.29, 1.82) is 10.5 Å². The summed E-state index contributed by atoms with van der Waals surface area (Å²) in [5.41, 5.74) is 8.73. The molecule has 0 fully saturated rings. The van der Waals surface area contributed by atoms with Crippen LogP contribution in [0, 0.1) is 53.8 Å². The second kappa shape index (κ2) is 7.62. The van der Waals surface area contributed by atoms with Crippen LogP contribution in [-0.4, -0.2) is 0 Å². The first-order valence-electron chi connectivity index (χ1n) is 9.67. The van der Waals surface area contributed by atoms with Crippen molar-refractivity contribution < 1.29 is 0 Å². The monoisotopic (exact) mass is 382 g/mol. The van der Waals surface area contributed by atoms with E-state index in [1.807, 2.05) is 80.6 Å². The predicted octanol–water partition coefficient (Wildman–Crippen LogP) is 5.73. The first-order valence-corrected chi connectivity index (χ1v) is 9.67. The number of benzene rings is 2. The molecule has 0 N–H and O–H groups in total. The quantitative estimate of drug-likeness (QED) is 0.467. The minimum absolute atomic E-state index is 0.627. The van der Waals surface area contributed by atoms with Gasteiger partial charge >= 0.3 is 0 Å². The normalized spacial score (nSPS) is 15.7. The van der Waals surface area contributed by atoms with Crippen LogP contribution in [0.25, 0.3) is 5.57 Å². The zero-order chi connectivity index (χ0) is 21.1. The number of nitrogens with zero attached hydrogens (tertiary/aromatic N) is 2. The summed E-state index contributed by atoms with van der Waals surface area (Å²) in [6.45, 7) is 4.08. The van der Waals surface area contributed by atoms with E-state index in [1.54, 1.807) is 6.08 Å². The van der Waals surface area contributed by atoms with E-state index in [9.17, 15) is 10.5 Å². The van der Waals surface area contributed by atoms with Crippen molar-refractivity contribution in [1.82, 2.24) is 0 Å². The number of rotatable bonds is 1. The van der Waals surface area contributed by atoms with Crippen LogP contribution in [0.2, 0.25) is 0 Å². The van der Waals surface area contributed by atoms with Crippen LogP contribution in [0.5, 0.6) is 0 Å². The van der Waals surface area contributed by atoms with Crippen LogP contribution in [0.1, 0.15) is 22.3 Å². The minimum Gasteiger partial charge on any atom is -0.196 e. The molecule has 0 aromatic heterocycles. The molecule has 0 amide bonds. The van der Waals surface area contributed by atoms with Crippen molar-refractivity contribution >= 4 is 5.57 Å². The zero-order valence-electron chi connectivity index (χ0n) is 16.8. The van der Waals surface area contributed by atoms with Gasteiger partial charge in [0.2, 0.25) is 0 Å². The molecule has 4 rings (SSSR count). The number of hydrogen-bond donors (Lipinski definition) is 0. The highest BCUT2D eigenvalue weighted by atomic mass is 14.5. The predicted molar refractivity (Wildman–Crippen MR) is 119 cm³/mol. The number of fused-ring (bicyclic) bond motifs is 1. The Morgan fingerprint density at radius 1 is 0.800 bits per heavy atom. The van der Waals surface area contributed by atoms with Crippen LogP contribution in [-0.2, 0) is 0 Å². The Balaban J connectivity index is 1.82. The fourth-order valence-electron chi connectivity index (χ4n) is 3.82. The van der Waals surface area contributed by atoms with E-state index < -0.39 is 5.41 Å². The lowest BCUT2D eigenvalue weighted by molar-refractivity contribution is 0.851. The third-order valence-corrected chi connectivity index (χ3v) is 5.42. The summed E-state index contributed by atoms with van der Waals surface area (Å²) in [5, 5.41) is 20.2. The molecule has 0 unspecified atom stereocenters. The van der Waals surface area contributed by atoms with E-state index in [1.165, 1.54) is 0 Å². The summed E-state index contributed by atoms with van der Waals surface area (Å²) >= 11 is 0. The van der Waals surface area contributed by atoms with Crippen LogP contribution in [0.4, 0.5) is 0 Å². The Kier molecular flexibility index (Phi) is 4.84. The first kappa shape index (κ1) is 19.1. The molecule has 2 aromatic rings. The molecule has 2 aliphatic carbocycles. The van der Waals surface area contributed by atoms with E-state index in [-0.39, 0.29) is 0 Å². The van der Waals surface area contributed by atoms with Gasteiger partial charge in [-0.05, 0) is 60.4 Å². The lowest BCUT2D eigenvalue weighted by Crippen LogP contribution is -2.18. The molecule has 0 saturated carbocycles. The molecule has 2 aliphatic rings. The molecule has 2 nitrogen and oxygen atoms in total. The highest BCUT2D eigenvalue weighted by molar-refractivity contribution is 5.89. The molecule has 0 saturated heterocycles. The fourth-order valence-corrected chi connectivity index (χ4v) is 3.82. The van der Waals surface area contributed by atoms with Crippen LogP contribution in [0.15, 0.2) is 95.3 Å². The largest absolute Gasteiger partial charge is 0.196 e. The average molecular weight is 382 g/mol. The molecule has 0 bridgehead atoms. The second-order valence-corrected chi connectivity index (χ2v) is 7.32. The van der Waals surface area contributed by atoms with E-state index in [0.29, 0.717) is 11.1 Å².